The lowest BCUT2D eigenvalue weighted by molar-refractivity contribution is 0.518. The Bertz CT molecular complexity index is 356. The van der Waals surface area contributed by atoms with Crippen LogP contribution in [0.25, 0.3) is 0 Å². The smallest absolute Gasteiger partial charge is 0.0363 e. The zero-order chi connectivity index (χ0) is 15.0. The normalized spacial score (nSPS) is 12.7. The summed E-state index contributed by atoms with van der Waals surface area (Å²) in [5, 5.41) is 3.61. The quantitative estimate of drug-likeness (QED) is 0.708. The zero-order valence-corrected chi connectivity index (χ0v) is 13.9. The van der Waals surface area contributed by atoms with Crippen LogP contribution in [0.15, 0.2) is 24.3 Å². The van der Waals surface area contributed by atoms with Gasteiger partial charge in [-0.1, -0.05) is 39.8 Å². The summed E-state index contributed by atoms with van der Waals surface area (Å²) < 4.78 is 0. The van der Waals surface area contributed by atoms with Gasteiger partial charge < -0.3 is 10.2 Å². The molecule has 0 saturated heterocycles. The Hall–Kier alpha value is -1.02. The standard InChI is InChI=1S/C18H32N2/c1-6-13-19-18(7-2)16-8-10-17(11-9-16)20(5)14-12-15(3)4/h8-11,15,18-19H,6-7,12-14H2,1-5H3. The average Bonchev–Trinajstić information content (AvgIpc) is 2.46. The highest BCUT2D eigenvalue weighted by molar-refractivity contribution is 5.47. The van der Waals surface area contributed by atoms with Gasteiger partial charge in [0.25, 0.3) is 0 Å². The SMILES string of the molecule is CCCNC(CC)c1ccc(N(C)CCC(C)C)cc1. The highest BCUT2D eigenvalue weighted by Crippen LogP contribution is 2.21. The number of hydrogen-bond donors (Lipinski definition) is 1. The highest BCUT2D eigenvalue weighted by atomic mass is 15.1. The Morgan fingerprint density at radius 2 is 1.75 bits per heavy atom. The first-order valence-corrected chi connectivity index (χ1v) is 8.12. The first kappa shape index (κ1) is 17.0. The van der Waals surface area contributed by atoms with Gasteiger partial charge in [-0.2, -0.15) is 0 Å². The summed E-state index contributed by atoms with van der Waals surface area (Å²) in [6, 6.07) is 9.55. The fourth-order valence-corrected chi connectivity index (χ4v) is 2.36. The van der Waals surface area contributed by atoms with Crippen molar-refractivity contribution in [2.45, 2.75) is 53.0 Å². The van der Waals surface area contributed by atoms with Crippen molar-refractivity contribution in [1.82, 2.24) is 5.32 Å². The van der Waals surface area contributed by atoms with Crippen LogP contribution in [0, 0.1) is 5.92 Å². The van der Waals surface area contributed by atoms with E-state index in [1.165, 1.54) is 24.1 Å². The molecule has 0 fully saturated rings. The van der Waals surface area contributed by atoms with Crippen molar-refractivity contribution in [3.63, 3.8) is 0 Å². The van der Waals surface area contributed by atoms with Gasteiger partial charge >= 0.3 is 0 Å². The zero-order valence-electron chi connectivity index (χ0n) is 13.9. The van der Waals surface area contributed by atoms with Crippen LogP contribution >= 0.6 is 0 Å². The van der Waals surface area contributed by atoms with Crippen molar-refractivity contribution in [1.29, 1.82) is 0 Å². The van der Waals surface area contributed by atoms with Gasteiger partial charge in [-0.3, -0.25) is 0 Å². The van der Waals surface area contributed by atoms with E-state index in [1.807, 2.05) is 0 Å². The van der Waals surface area contributed by atoms with Crippen LogP contribution in [-0.2, 0) is 0 Å². The third-order valence-electron chi connectivity index (χ3n) is 3.83. The molecule has 0 bridgehead atoms. The van der Waals surface area contributed by atoms with Crippen molar-refractivity contribution in [3.05, 3.63) is 29.8 Å². The van der Waals surface area contributed by atoms with E-state index in [-0.39, 0.29) is 0 Å². The fraction of sp³-hybridized carbons (Fsp3) is 0.667. The minimum atomic E-state index is 0.491. The maximum Gasteiger partial charge on any atom is 0.0363 e. The summed E-state index contributed by atoms with van der Waals surface area (Å²) in [6.45, 7) is 11.2. The topological polar surface area (TPSA) is 15.3 Å². The van der Waals surface area contributed by atoms with Crippen LogP contribution in [0.5, 0.6) is 0 Å². The van der Waals surface area contributed by atoms with E-state index in [1.54, 1.807) is 0 Å². The van der Waals surface area contributed by atoms with E-state index >= 15 is 0 Å². The molecule has 114 valence electrons. The molecule has 1 aromatic carbocycles. The molecule has 0 spiro atoms. The van der Waals surface area contributed by atoms with Gasteiger partial charge in [0.15, 0.2) is 0 Å². The number of rotatable bonds is 9. The molecule has 1 atom stereocenters. The summed E-state index contributed by atoms with van der Waals surface area (Å²) >= 11 is 0. The summed E-state index contributed by atoms with van der Waals surface area (Å²) in [4.78, 5) is 2.35. The minimum Gasteiger partial charge on any atom is -0.375 e. The Morgan fingerprint density at radius 3 is 2.25 bits per heavy atom. The molecule has 0 amide bonds. The average molecular weight is 276 g/mol. The molecule has 0 aliphatic heterocycles. The third-order valence-corrected chi connectivity index (χ3v) is 3.83. The molecule has 0 saturated carbocycles. The second-order valence-corrected chi connectivity index (χ2v) is 6.11. The molecule has 0 aromatic heterocycles. The first-order valence-electron chi connectivity index (χ1n) is 8.12. The van der Waals surface area contributed by atoms with Crippen molar-refractivity contribution in [2.24, 2.45) is 5.92 Å². The van der Waals surface area contributed by atoms with Gasteiger partial charge in [-0.25, -0.2) is 0 Å². The first-order chi connectivity index (χ1) is 9.58. The van der Waals surface area contributed by atoms with Gasteiger partial charge in [0.1, 0.15) is 0 Å². The summed E-state index contributed by atoms with van der Waals surface area (Å²) in [6.07, 6.45) is 3.57. The molecular formula is C18H32N2. The Balaban J connectivity index is 2.62. The number of benzene rings is 1. The second-order valence-electron chi connectivity index (χ2n) is 6.11. The second kappa shape index (κ2) is 9.02. The molecule has 0 radical (unpaired) electrons. The molecule has 1 N–H and O–H groups in total. The van der Waals surface area contributed by atoms with E-state index in [0.717, 1.165) is 25.4 Å². The molecule has 2 heteroatoms. The lowest BCUT2D eigenvalue weighted by Gasteiger charge is -2.22. The molecule has 0 heterocycles. The van der Waals surface area contributed by atoms with Crippen LogP contribution in [0.2, 0.25) is 0 Å². The van der Waals surface area contributed by atoms with Crippen LogP contribution in [-0.4, -0.2) is 20.1 Å². The molecule has 2 nitrogen and oxygen atoms in total. The van der Waals surface area contributed by atoms with Gasteiger partial charge in [0.05, 0.1) is 0 Å². The van der Waals surface area contributed by atoms with Crippen LogP contribution in [0.4, 0.5) is 5.69 Å². The minimum absolute atomic E-state index is 0.491. The molecule has 20 heavy (non-hydrogen) atoms. The van der Waals surface area contributed by atoms with Gasteiger partial charge in [-0.15, -0.1) is 0 Å². The summed E-state index contributed by atoms with van der Waals surface area (Å²) in [5.74, 6) is 0.763. The van der Waals surface area contributed by atoms with Crippen molar-refractivity contribution in [3.8, 4) is 0 Å². The van der Waals surface area contributed by atoms with E-state index in [9.17, 15) is 0 Å². The largest absolute Gasteiger partial charge is 0.375 e. The lowest BCUT2D eigenvalue weighted by atomic mass is 10.0. The van der Waals surface area contributed by atoms with Crippen LogP contribution < -0.4 is 10.2 Å². The van der Waals surface area contributed by atoms with Crippen LogP contribution in [0.3, 0.4) is 0 Å². The molecular weight excluding hydrogens is 244 g/mol. The van der Waals surface area contributed by atoms with Crippen LogP contribution in [0.1, 0.15) is 58.6 Å². The third kappa shape index (κ3) is 5.54. The maximum atomic E-state index is 3.61. The van der Waals surface area contributed by atoms with Gasteiger partial charge in [0.2, 0.25) is 0 Å². The maximum absolute atomic E-state index is 3.61. The molecule has 1 unspecified atom stereocenters. The van der Waals surface area contributed by atoms with E-state index in [0.29, 0.717) is 6.04 Å². The summed E-state index contributed by atoms with van der Waals surface area (Å²) in [7, 11) is 2.18. The van der Waals surface area contributed by atoms with Gasteiger partial charge in [-0.05, 0) is 49.4 Å². The predicted molar refractivity (Wildman–Crippen MR) is 90.5 cm³/mol. The van der Waals surface area contributed by atoms with Crippen molar-refractivity contribution >= 4 is 5.69 Å². The fourth-order valence-electron chi connectivity index (χ4n) is 2.36. The highest BCUT2D eigenvalue weighted by Gasteiger charge is 2.09. The van der Waals surface area contributed by atoms with E-state index in [4.69, 9.17) is 0 Å². The molecule has 1 aromatic rings. The molecule has 0 aliphatic carbocycles. The monoisotopic (exact) mass is 276 g/mol. The number of nitrogens with one attached hydrogen (secondary N) is 1. The Morgan fingerprint density at radius 1 is 1.10 bits per heavy atom. The molecule has 1 rings (SSSR count). The Labute approximate surface area is 125 Å². The van der Waals surface area contributed by atoms with Gasteiger partial charge in [0, 0.05) is 25.3 Å². The Kier molecular flexibility index (Phi) is 7.68. The molecule has 0 aliphatic rings. The van der Waals surface area contributed by atoms with Crippen molar-refractivity contribution in [2.75, 3.05) is 25.0 Å². The lowest BCUT2D eigenvalue weighted by Crippen LogP contribution is -2.22. The number of nitrogens with zero attached hydrogens (tertiary/aromatic N) is 1. The van der Waals surface area contributed by atoms with Crippen molar-refractivity contribution < 1.29 is 0 Å². The predicted octanol–water partition coefficient (Wildman–Crippen LogP) is 4.62. The summed E-state index contributed by atoms with van der Waals surface area (Å²) in [5.41, 5.74) is 2.72. The van der Waals surface area contributed by atoms with E-state index in [2.05, 4.69) is 69.2 Å². The number of anilines is 1. The van der Waals surface area contributed by atoms with E-state index < -0.39 is 0 Å². The number of hydrogen-bond acceptors (Lipinski definition) is 2.